The molecule has 5 nitrogen and oxygen atoms in total. The van der Waals surface area contributed by atoms with Gasteiger partial charge in [-0.2, -0.15) is 0 Å². The molecule has 1 saturated heterocycles. The molecule has 7 heteroatoms. The van der Waals surface area contributed by atoms with Gasteiger partial charge < -0.3 is 19.2 Å². The molecule has 1 aliphatic heterocycles. The number of carbonyl (C=O) groups is 1. The highest BCUT2D eigenvalue weighted by Crippen LogP contribution is 2.36. The summed E-state index contributed by atoms with van der Waals surface area (Å²) in [4.78, 5) is 11.5. The van der Waals surface area contributed by atoms with Crippen LogP contribution in [0.3, 0.4) is 0 Å². The van der Waals surface area contributed by atoms with Gasteiger partial charge in [-0.3, -0.25) is 0 Å². The third kappa shape index (κ3) is 3.85. The lowest BCUT2D eigenvalue weighted by atomic mass is 9.88. The van der Waals surface area contributed by atoms with E-state index in [9.17, 15) is 4.79 Å². The molecule has 0 spiro atoms. The lowest BCUT2D eigenvalue weighted by molar-refractivity contribution is -0.142. The summed E-state index contributed by atoms with van der Waals surface area (Å²) in [5.41, 5.74) is -0.682. The minimum Gasteiger partial charge on any atom is -0.480 e. The van der Waals surface area contributed by atoms with Crippen molar-refractivity contribution in [3.63, 3.8) is 0 Å². The molecule has 0 unspecified atom stereocenters. The van der Waals surface area contributed by atoms with Crippen LogP contribution in [-0.4, -0.2) is 42.6 Å². The maximum atomic E-state index is 10.4. The van der Waals surface area contributed by atoms with Gasteiger partial charge in [-0.1, -0.05) is 6.07 Å². The van der Waals surface area contributed by atoms with Gasteiger partial charge in [-0.25, -0.2) is 4.79 Å². The maximum Gasteiger partial charge on any atom is 0.505 e. The van der Waals surface area contributed by atoms with E-state index in [1.165, 1.54) is 0 Å². The Morgan fingerprint density at radius 3 is 2.48 bits per heavy atom. The topological polar surface area (TPSA) is 65.0 Å². The average Bonchev–Trinajstić information content (AvgIpc) is 2.88. The third-order valence-electron chi connectivity index (χ3n) is 3.89. The Morgan fingerprint density at radius 2 is 1.90 bits per heavy atom. The van der Waals surface area contributed by atoms with Crippen LogP contribution < -0.4 is 4.78 Å². The monoisotopic (exact) mass is 312 g/mol. The van der Waals surface area contributed by atoms with Gasteiger partial charge in [-0.05, 0) is 33.8 Å². The molecule has 0 atom stereocenters. The largest absolute Gasteiger partial charge is 0.505 e. The predicted octanol–water partition coefficient (Wildman–Crippen LogP) is 1.69. The first-order chi connectivity index (χ1) is 9.71. The molecule has 0 radical (unpaired) electrons. The molecule has 21 heavy (non-hydrogen) atoms. The molecular formula is C14H21BO5S. The van der Waals surface area contributed by atoms with Crippen molar-refractivity contribution in [2.24, 2.45) is 0 Å². The summed E-state index contributed by atoms with van der Waals surface area (Å²) >= 11 is 1.61. The molecule has 2 heterocycles. The zero-order valence-corrected chi connectivity index (χ0v) is 13.7. The molecule has 2 rings (SSSR count). The van der Waals surface area contributed by atoms with Gasteiger partial charge in [0.05, 0.1) is 17.8 Å². The second kappa shape index (κ2) is 6.08. The van der Waals surface area contributed by atoms with Crippen LogP contribution in [0, 0.1) is 0 Å². The van der Waals surface area contributed by atoms with Crippen LogP contribution in [0.15, 0.2) is 12.1 Å². The van der Waals surface area contributed by atoms with Crippen LogP contribution in [0.25, 0.3) is 0 Å². The Bertz CT molecular complexity index is 495. The second-order valence-corrected chi connectivity index (χ2v) is 7.29. The van der Waals surface area contributed by atoms with Crippen molar-refractivity contribution < 1.29 is 23.9 Å². The highest BCUT2D eigenvalue weighted by Gasteiger charge is 2.52. The van der Waals surface area contributed by atoms with Crippen LogP contribution in [0.4, 0.5) is 0 Å². The standard InChI is InChI=1S/C14H21BO5S/c1-13(2)14(3,4)20-15(19-13)11-6-5-10(21-11)7-8-18-9-12(16)17/h5-6H,7-9H2,1-4H3,(H,16,17). The van der Waals surface area contributed by atoms with Gasteiger partial charge in [0.1, 0.15) is 6.61 Å². The molecule has 1 aromatic rings. The Morgan fingerprint density at radius 1 is 1.29 bits per heavy atom. The number of hydrogen-bond donors (Lipinski definition) is 1. The van der Waals surface area contributed by atoms with E-state index in [1.807, 2.05) is 39.8 Å². The van der Waals surface area contributed by atoms with Gasteiger partial charge in [0.15, 0.2) is 0 Å². The number of aliphatic carboxylic acids is 1. The fraction of sp³-hybridized carbons (Fsp3) is 0.643. The normalized spacial score (nSPS) is 19.9. The van der Waals surface area contributed by atoms with E-state index in [-0.39, 0.29) is 24.9 Å². The summed E-state index contributed by atoms with van der Waals surface area (Å²) < 4.78 is 18.1. The summed E-state index contributed by atoms with van der Waals surface area (Å²) in [6.07, 6.45) is 0.692. The van der Waals surface area contributed by atoms with E-state index in [1.54, 1.807) is 11.3 Å². The summed E-state index contributed by atoms with van der Waals surface area (Å²) in [5.74, 6) is -0.945. The molecule has 0 saturated carbocycles. The summed E-state index contributed by atoms with van der Waals surface area (Å²) in [6, 6.07) is 4.01. The van der Waals surface area contributed by atoms with Crippen LogP contribution in [0.2, 0.25) is 0 Å². The number of thiophene rings is 1. The highest BCUT2D eigenvalue weighted by atomic mass is 32.1. The van der Waals surface area contributed by atoms with Crippen molar-refractivity contribution in [3.05, 3.63) is 17.0 Å². The molecule has 1 N–H and O–H groups in total. The summed E-state index contributed by atoms with van der Waals surface area (Å²) in [6.45, 7) is 8.26. The van der Waals surface area contributed by atoms with Crippen LogP contribution in [0.5, 0.6) is 0 Å². The number of ether oxygens (including phenoxy) is 1. The minimum atomic E-state index is -0.945. The first-order valence-electron chi connectivity index (χ1n) is 6.95. The number of carboxylic acid groups (broad SMARTS) is 1. The van der Waals surface area contributed by atoms with Gasteiger partial charge in [0.25, 0.3) is 0 Å². The quantitative estimate of drug-likeness (QED) is 0.640. The molecule has 0 bridgehead atoms. The van der Waals surface area contributed by atoms with E-state index >= 15 is 0 Å². The van der Waals surface area contributed by atoms with Crippen LogP contribution >= 0.6 is 11.3 Å². The smallest absolute Gasteiger partial charge is 0.480 e. The zero-order chi connectivity index (χ0) is 15.7. The third-order valence-corrected chi connectivity index (χ3v) is 5.05. The Kier molecular flexibility index (Phi) is 4.77. The van der Waals surface area contributed by atoms with Crippen molar-refractivity contribution in [2.45, 2.75) is 45.3 Å². The van der Waals surface area contributed by atoms with Crippen molar-refractivity contribution in [1.29, 1.82) is 0 Å². The molecule has 116 valence electrons. The van der Waals surface area contributed by atoms with E-state index in [0.29, 0.717) is 13.0 Å². The van der Waals surface area contributed by atoms with Gasteiger partial charge in [-0.15, -0.1) is 11.3 Å². The molecule has 1 aliphatic rings. The zero-order valence-electron chi connectivity index (χ0n) is 12.8. The summed E-state index contributed by atoms with van der Waals surface area (Å²) in [7, 11) is -0.339. The predicted molar refractivity (Wildman–Crippen MR) is 82.2 cm³/mol. The van der Waals surface area contributed by atoms with Gasteiger partial charge in [0, 0.05) is 16.1 Å². The molecular weight excluding hydrogens is 291 g/mol. The first-order valence-corrected chi connectivity index (χ1v) is 7.77. The SMILES string of the molecule is CC1(C)OB(c2ccc(CCOCC(=O)O)s2)OC1(C)C. The summed E-state index contributed by atoms with van der Waals surface area (Å²) in [5, 5.41) is 8.50. The fourth-order valence-corrected chi connectivity index (χ4v) is 2.90. The Hall–Kier alpha value is -0.885. The molecule has 0 aromatic carbocycles. The molecule has 1 aromatic heterocycles. The Labute approximate surface area is 129 Å². The van der Waals surface area contributed by atoms with E-state index in [4.69, 9.17) is 19.2 Å². The lowest BCUT2D eigenvalue weighted by Gasteiger charge is -2.32. The fourth-order valence-electron chi connectivity index (χ4n) is 1.95. The van der Waals surface area contributed by atoms with E-state index in [0.717, 1.165) is 9.65 Å². The van der Waals surface area contributed by atoms with E-state index in [2.05, 4.69) is 0 Å². The minimum absolute atomic E-state index is 0.255. The highest BCUT2D eigenvalue weighted by molar-refractivity contribution is 7.22. The van der Waals surface area contributed by atoms with Gasteiger partial charge >= 0.3 is 13.1 Å². The first kappa shape index (κ1) is 16.5. The number of hydrogen-bond acceptors (Lipinski definition) is 5. The van der Waals surface area contributed by atoms with Crippen LogP contribution in [-0.2, 0) is 25.3 Å². The van der Waals surface area contributed by atoms with Crippen molar-refractivity contribution in [2.75, 3.05) is 13.2 Å². The van der Waals surface area contributed by atoms with Crippen molar-refractivity contribution >= 4 is 29.2 Å². The Balaban J connectivity index is 1.91. The average molecular weight is 312 g/mol. The molecule has 0 aliphatic carbocycles. The van der Waals surface area contributed by atoms with Crippen LogP contribution in [0.1, 0.15) is 32.6 Å². The molecule has 0 amide bonds. The van der Waals surface area contributed by atoms with E-state index < -0.39 is 5.97 Å². The van der Waals surface area contributed by atoms with Crippen molar-refractivity contribution in [1.82, 2.24) is 0 Å². The van der Waals surface area contributed by atoms with Crippen molar-refractivity contribution in [3.8, 4) is 0 Å². The number of carboxylic acids is 1. The maximum absolute atomic E-state index is 10.4. The lowest BCUT2D eigenvalue weighted by Crippen LogP contribution is -2.41. The van der Waals surface area contributed by atoms with Gasteiger partial charge in [0.2, 0.25) is 0 Å². The molecule has 1 fully saturated rings. The second-order valence-electron chi connectivity index (χ2n) is 6.09. The number of rotatable bonds is 6.